The number of fused-ring (bicyclic) bond motifs is 2. The van der Waals surface area contributed by atoms with Gasteiger partial charge in [-0.25, -0.2) is 0 Å². The van der Waals surface area contributed by atoms with Crippen molar-refractivity contribution in [2.45, 2.75) is 54.4 Å². The van der Waals surface area contributed by atoms with E-state index in [0.717, 1.165) is 5.69 Å². The Hall–Kier alpha value is -3.45. The van der Waals surface area contributed by atoms with Gasteiger partial charge in [-0.2, -0.15) is 16.8 Å². The lowest BCUT2D eigenvalue weighted by Gasteiger charge is -2.32. The van der Waals surface area contributed by atoms with E-state index in [9.17, 15) is 35.8 Å². The molecule has 1 unspecified atom stereocenters. The second-order valence-corrected chi connectivity index (χ2v) is 14.3. The van der Waals surface area contributed by atoms with Crippen LogP contribution < -0.4 is 9.80 Å². The van der Waals surface area contributed by atoms with Crippen molar-refractivity contribution in [2.75, 3.05) is 23.9 Å². The smallest absolute Gasteiger partial charge is 0.294 e. The highest BCUT2D eigenvalue weighted by molar-refractivity contribution is 7.86. The standard InChI is InChI=1S/C28H30N2O8S2/c1-27(2)19-11-15(39(33,34)35)7-9-21(19)29(5)23(27)13-17-25(31)18(26(17)32)14-24-28(3,4)20-12-16(40(36,37)38)8-10-22(20)30(24)6/h7-14,23,31H,1-6H3,(H,33,34,35)(H,36,37,38)/b17-13?,24-14+. The molecule has 212 valence electrons. The summed E-state index contributed by atoms with van der Waals surface area (Å²) in [4.78, 5) is 16.6. The van der Waals surface area contributed by atoms with Crippen molar-refractivity contribution in [3.05, 3.63) is 82.3 Å². The minimum atomic E-state index is -4.40. The first-order chi connectivity index (χ1) is 18.3. The van der Waals surface area contributed by atoms with Crippen LogP contribution in [0.4, 0.5) is 11.4 Å². The van der Waals surface area contributed by atoms with Crippen molar-refractivity contribution in [3.63, 3.8) is 0 Å². The van der Waals surface area contributed by atoms with Crippen molar-refractivity contribution in [2.24, 2.45) is 0 Å². The molecule has 0 saturated heterocycles. The number of hydrogen-bond donors (Lipinski definition) is 3. The van der Waals surface area contributed by atoms with Crippen LogP contribution >= 0.6 is 0 Å². The fourth-order valence-electron chi connectivity index (χ4n) is 6.07. The van der Waals surface area contributed by atoms with Crippen molar-refractivity contribution in [3.8, 4) is 0 Å². The average Bonchev–Trinajstić information content (AvgIpc) is 3.16. The van der Waals surface area contributed by atoms with Gasteiger partial charge in [-0.15, -0.1) is 0 Å². The summed E-state index contributed by atoms with van der Waals surface area (Å²) in [5.74, 6) is -0.530. The molecule has 40 heavy (non-hydrogen) atoms. The van der Waals surface area contributed by atoms with Crippen molar-refractivity contribution < 1.29 is 35.8 Å². The van der Waals surface area contributed by atoms with Crippen LogP contribution in [0.5, 0.6) is 0 Å². The Bertz CT molecular complexity index is 1820. The van der Waals surface area contributed by atoms with Crippen LogP contribution in [0.15, 0.2) is 80.9 Å². The van der Waals surface area contributed by atoms with Gasteiger partial charge in [-0.1, -0.05) is 27.7 Å². The lowest BCUT2D eigenvalue weighted by Crippen LogP contribution is -2.39. The predicted molar refractivity (Wildman–Crippen MR) is 150 cm³/mol. The van der Waals surface area contributed by atoms with Gasteiger partial charge >= 0.3 is 0 Å². The van der Waals surface area contributed by atoms with Crippen molar-refractivity contribution in [1.29, 1.82) is 0 Å². The van der Waals surface area contributed by atoms with Gasteiger partial charge in [-0.3, -0.25) is 13.9 Å². The molecule has 3 N–H and O–H groups in total. The number of carbonyl (C=O) groups is 1. The maximum absolute atomic E-state index is 13.3. The Morgan fingerprint density at radius 2 is 1.38 bits per heavy atom. The number of aliphatic hydroxyl groups excluding tert-OH is 1. The van der Waals surface area contributed by atoms with Crippen molar-refractivity contribution in [1.82, 2.24) is 0 Å². The largest absolute Gasteiger partial charge is 0.506 e. The Kier molecular flexibility index (Phi) is 5.99. The molecule has 2 aromatic rings. The van der Waals surface area contributed by atoms with E-state index in [1.54, 1.807) is 31.3 Å². The van der Waals surface area contributed by atoms with Gasteiger partial charge in [0.2, 0.25) is 0 Å². The van der Waals surface area contributed by atoms with Crippen LogP contribution in [0.2, 0.25) is 0 Å². The van der Waals surface area contributed by atoms with Gasteiger partial charge in [0.1, 0.15) is 5.76 Å². The van der Waals surface area contributed by atoms with Crippen molar-refractivity contribution >= 4 is 37.4 Å². The third-order valence-corrected chi connectivity index (χ3v) is 10.1. The summed E-state index contributed by atoms with van der Waals surface area (Å²) in [6.45, 7) is 7.51. The minimum Gasteiger partial charge on any atom is -0.506 e. The highest BCUT2D eigenvalue weighted by Gasteiger charge is 2.46. The molecule has 1 atom stereocenters. The first-order valence-electron chi connectivity index (χ1n) is 12.4. The molecule has 0 aromatic heterocycles. The molecule has 3 aliphatic rings. The van der Waals surface area contributed by atoms with E-state index in [0.29, 0.717) is 22.5 Å². The molecule has 10 nitrogen and oxygen atoms in total. The number of anilines is 2. The maximum atomic E-state index is 13.3. The van der Waals surface area contributed by atoms with Crippen LogP contribution in [0.3, 0.4) is 0 Å². The summed E-state index contributed by atoms with van der Waals surface area (Å²) in [5, 5.41) is 11.0. The van der Waals surface area contributed by atoms with Gasteiger partial charge in [0.05, 0.1) is 27.0 Å². The fraction of sp³-hybridized carbons (Fsp3) is 0.321. The molecule has 0 fully saturated rings. The summed E-state index contributed by atoms with van der Waals surface area (Å²) in [7, 11) is -5.21. The number of nitrogens with zero attached hydrogens (tertiary/aromatic N) is 2. The number of allylic oxidation sites excluding steroid dienone is 4. The molecular formula is C28H30N2O8S2. The highest BCUT2D eigenvalue weighted by Crippen LogP contribution is 2.50. The minimum absolute atomic E-state index is 0.119. The molecule has 2 aromatic carbocycles. The van der Waals surface area contributed by atoms with Gasteiger partial charge in [0, 0.05) is 42.0 Å². The number of aliphatic hydroxyl groups is 1. The van der Waals surface area contributed by atoms with Gasteiger partial charge in [0.25, 0.3) is 20.2 Å². The van der Waals surface area contributed by atoms with E-state index in [4.69, 9.17) is 0 Å². The highest BCUT2D eigenvalue weighted by atomic mass is 32.2. The zero-order chi connectivity index (χ0) is 29.7. The molecule has 5 rings (SSSR count). The second kappa shape index (κ2) is 8.53. The number of Topliss-reactive ketones (excluding diaryl/α,β-unsaturated/α-hetero) is 1. The third-order valence-electron chi connectivity index (χ3n) is 8.40. The third kappa shape index (κ3) is 4.00. The molecule has 2 aliphatic heterocycles. The van der Waals surface area contributed by atoms with Gasteiger partial charge < -0.3 is 14.9 Å². The van der Waals surface area contributed by atoms with E-state index >= 15 is 0 Å². The summed E-state index contributed by atoms with van der Waals surface area (Å²) < 4.78 is 65.8. The van der Waals surface area contributed by atoms with Crippen LogP contribution in [0.1, 0.15) is 38.8 Å². The number of carbonyl (C=O) groups excluding carboxylic acids is 1. The number of hydrogen-bond acceptors (Lipinski definition) is 8. The normalized spacial score (nSPS) is 23.6. The Morgan fingerprint density at radius 3 is 1.90 bits per heavy atom. The van der Waals surface area contributed by atoms with Gasteiger partial charge in [-0.05, 0) is 59.7 Å². The molecule has 0 bridgehead atoms. The number of rotatable bonds is 4. The zero-order valence-electron chi connectivity index (χ0n) is 22.8. The molecular weight excluding hydrogens is 556 g/mol. The lowest BCUT2D eigenvalue weighted by molar-refractivity contribution is -0.113. The second-order valence-electron chi connectivity index (χ2n) is 11.5. The Morgan fingerprint density at radius 1 is 0.850 bits per heavy atom. The predicted octanol–water partition coefficient (Wildman–Crippen LogP) is 3.91. The number of likely N-dealkylation sites (N-methyl/N-ethyl adjacent to an activating group) is 2. The SMILES string of the molecule is CN1/C(=C/C2=C(O)C(=CC3N(C)c4ccc(S(=O)(=O)O)cc4C3(C)C)C2=O)C(C)(C)c2cc(S(=O)(=O)O)ccc21. The first-order valence-corrected chi connectivity index (χ1v) is 15.3. The average molecular weight is 587 g/mol. The Balaban J connectivity index is 1.51. The lowest BCUT2D eigenvalue weighted by atomic mass is 9.76. The zero-order valence-corrected chi connectivity index (χ0v) is 24.4. The van der Waals surface area contributed by atoms with E-state index < -0.39 is 37.1 Å². The summed E-state index contributed by atoms with van der Waals surface area (Å²) in [6.07, 6.45) is 3.27. The summed E-state index contributed by atoms with van der Waals surface area (Å²) >= 11 is 0. The van der Waals surface area contributed by atoms with Crippen LogP contribution in [-0.2, 0) is 35.9 Å². The molecule has 0 amide bonds. The quantitative estimate of drug-likeness (QED) is 0.355. The van der Waals surface area contributed by atoms with Crippen LogP contribution in [0, 0.1) is 0 Å². The van der Waals surface area contributed by atoms with Crippen LogP contribution in [0.25, 0.3) is 0 Å². The molecule has 2 heterocycles. The number of ketones is 1. The fourth-order valence-corrected chi connectivity index (χ4v) is 7.09. The Labute approximate surface area is 233 Å². The van der Waals surface area contributed by atoms with Crippen LogP contribution in [-0.4, -0.2) is 57.0 Å². The summed E-state index contributed by atoms with van der Waals surface area (Å²) in [5.41, 5.74) is 2.31. The number of benzene rings is 2. The molecule has 0 saturated carbocycles. The van der Waals surface area contributed by atoms with E-state index in [2.05, 4.69) is 0 Å². The topological polar surface area (TPSA) is 153 Å². The monoisotopic (exact) mass is 586 g/mol. The molecule has 0 radical (unpaired) electrons. The summed E-state index contributed by atoms with van der Waals surface area (Å²) in [6, 6.07) is 8.27. The molecule has 1 aliphatic carbocycles. The maximum Gasteiger partial charge on any atom is 0.294 e. The van der Waals surface area contributed by atoms with E-state index in [-0.39, 0.29) is 32.5 Å². The van der Waals surface area contributed by atoms with Gasteiger partial charge in [0.15, 0.2) is 5.78 Å². The molecule has 12 heteroatoms. The van der Waals surface area contributed by atoms with E-state index in [1.807, 2.05) is 44.5 Å². The van der Waals surface area contributed by atoms with E-state index in [1.165, 1.54) is 24.3 Å². The first kappa shape index (κ1) is 28.1. The molecule has 0 spiro atoms.